The van der Waals surface area contributed by atoms with Crippen LogP contribution in [0.2, 0.25) is 0 Å². The smallest absolute Gasteiger partial charge is 0.406 e. The molecule has 1 saturated carbocycles. The van der Waals surface area contributed by atoms with Crippen molar-refractivity contribution in [3.8, 4) is 5.75 Å². The quantitative estimate of drug-likeness (QED) is 0.845. The summed E-state index contributed by atoms with van der Waals surface area (Å²) in [5, 5.41) is 2.90. The first kappa shape index (κ1) is 18.8. The number of fused-ring (bicyclic) bond motifs is 1. The predicted molar refractivity (Wildman–Crippen MR) is 92.9 cm³/mol. The average Bonchev–Trinajstić information content (AvgIpc) is 3.04. The van der Waals surface area contributed by atoms with Crippen molar-refractivity contribution in [2.75, 3.05) is 13.2 Å². The number of ether oxygens (including phenoxy) is 2. The van der Waals surface area contributed by atoms with Crippen molar-refractivity contribution in [1.82, 2.24) is 14.9 Å². The maximum Gasteiger partial charge on any atom is 0.573 e. The van der Waals surface area contributed by atoms with E-state index in [1.165, 1.54) is 12.1 Å². The van der Waals surface area contributed by atoms with Crippen LogP contribution in [0.5, 0.6) is 5.75 Å². The summed E-state index contributed by atoms with van der Waals surface area (Å²) in [6, 6.07) is 6.01. The molecule has 0 saturated heterocycles. The molecule has 6 nitrogen and oxygen atoms in total. The van der Waals surface area contributed by atoms with Gasteiger partial charge >= 0.3 is 6.36 Å². The van der Waals surface area contributed by atoms with Crippen LogP contribution in [0, 0.1) is 0 Å². The number of aromatic nitrogens is 2. The summed E-state index contributed by atoms with van der Waals surface area (Å²) in [4.78, 5) is 16.8. The predicted octanol–water partition coefficient (Wildman–Crippen LogP) is 3.16. The third kappa shape index (κ3) is 3.84. The first-order valence-electron chi connectivity index (χ1n) is 9.13. The number of nitrogens with one attached hydrogen (secondary N) is 1. The summed E-state index contributed by atoms with van der Waals surface area (Å²) < 4.78 is 48.8. The molecule has 1 fully saturated rings. The molecule has 1 aliphatic heterocycles. The van der Waals surface area contributed by atoms with E-state index in [1.807, 2.05) is 4.57 Å². The zero-order valence-corrected chi connectivity index (χ0v) is 15.1. The lowest BCUT2D eigenvalue weighted by Crippen LogP contribution is -2.45. The molecule has 0 unspecified atom stereocenters. The van der Waals surface area contributed by atoms with Gasteiger partial charge < -0.3 is 19.4 Å². The van der Waals surface area contributed by atoms with Crippen molar-refractivity contribution in [2.45, 2.75) is 44.2 Å². The Kier molecular flexibility index (Phi) is 4.78. The molecule has 9 heteroatoms. The van der Waals surface area contributed by atoms with Crippen LogP contribution in [0.1, 0.15) is 41.1 Å². The van der Waals surface area contributed by atoms with Gasteiger partial charge in [0.2, 0.25) is 0 Å². The molecule has 1 N–H and O–H groups in total. The lowest BCUT2D eigenvalue weighted by Gasteiger charge is -2.42. The van der Waals surface area contributed by atoms with Gasteiger partial charge in [0.1, 0.15) is 23.9 Å². The van der Waals surface area contributed by atoms with E-state index >= 15 is 0 Å². The van der Waals surface area contributed by atoms with Crippen molar-refractivity contribution in [3.63, 3.8) is 0 Å². The average molecular weight is 395 g/mol. The molecule has 2 aromatic rings. The highest BCUT2D eigenvalue weighted by Gasteiger charge is 2.40. The maximum absolute atomic E-state index is 12.5. The van der Waals surface area contributed by atoms with E-state index in [-0.39, 0.29) is 17.1 Å². The van der Waals surface area contributed by atoms with Crippen molar-refractivity contribution < 1.29 is 27.4 Å². The molecular weight excluding hydrogens is 375 g/mol. The highest BCUT2D eigenvalue weighted by Crippen LogP contribution is 2.44. The van der Waals surface area contributed by atoms with Crippen LogP contribution in [0.3, 0.4) is 0 Å². The Bertz CT molecular complexity index is 851. The van der Waals surface area contributed by atoms with Crippen LogP contribution in [0.25, 0.3) is 0 Å². The van der Waals surface area contributed by atoms with E-state index < -0.39 is 6.36 Å². The van der Waals surface area contributed by atoms with Crippen LogP contribution in [-0.2, 0) is 23.3 Å². The molecule has 0 radical (unpaired) electrons. The van der Waals surface area contributed by atoms with Crippen LogP contribution in [0.15, 0.2) is 30.5 Å². The monoisotopic (exact) mass is 395 g/mol. The normalized spacial score (nSPS) is 18.1. The number of carbonyl (C=O) groups excluding carboxylic acids is 1. The fourth-order valence-electron chi connectivity index (χ4n) is 3.73. The molecule has 2 aliphatic rings. The summed E-state index contributed by atoms with van der Waals surface area (Å²) in [5.74, 6) is 0.173. The number of carbonyl (C=O) groups is 1. The standard InChI is InChI=1S/C19H20F3N3O3/c20-19(21,22)28-14-4-1-3-13(9-14)18(5-2-6-18)12-23-17(26)15-10-25-7-8-27-11-16(25)24-15/h1,3-4,9-10H,2,5-8,11-12H2,(H,23,26). The molecule has 1 aliphatic carbocycles. The van der Waals surface area contributed by atoms with Gasteiger partial charge in [0.15, 0.2) is 0 Å². The van der Waals surface area contributed by atoms with E-state index in [0.717, 1.165) is 24.8 Å². The summed E-state index contributed by atoms with van der Waals surface area (Å²) >= 11 is 0. The highest BCUT2D eigenvalue weighted by molar-refractivity contribution is 5.92. The number of nitrogens with zero attached hydrogens (tertiary/aromatic N) is 2. The molecule has 1 amide bonds. The molecule has 0 bridgehead atoms. The zero-order valence-electron chi connectivity index (χ0n) is 15.1. The maximum atomic E-state index is 12.5. The van der Waals surface area contributed by atoms with Crippen LogP contribution in [-0.4, -0.2) is 35.0 Å². The van der Waals surface area contributed by atoms with E-state index in [1.54, 1.807) is 18.3 Å². The Hall–Kier alpha value is -2.55. The number of amides is 1. The number of alkyl halides is 3. The highest BCUT2D eigenvalue weighted by atomic mass is 19.4. The first-order valence-corrected chi connectivity index (χ1v) is 9.13. The number of hydrogen-bond donors (Lipinski definition) is 1. The van der Waals surface area contributed by atoms with Crippen molar-refractivity contribution in [2.24, 2.45) is 0 Å². The van der Waals surface area contributed by atoms with E-state index in [0.29, 0.717) is 37.8 Å². The molecule has 4 rings (SSSR count). The van der Waals surface area contributed by atoms with Gasteiger partial charge in [0.05, 0.1) is 6.61 Å². The van der Waals surface area contributed by atoms with Gasteiger partial charge in [-0.3, -0.25) is 4.79 Å². The number of rotatable bonds is 5. The van der Waals surface area contributed by atoms with Gasteiger partial charge in [-0.25, -0.2) is 4.98 Å². The third-order valence-corrected chi connectivity index (χ3v) is 5.38. The van der Waals surface area contributed by atoms with Crippen LogP contribution >= 0.6 is 0 Å². The zero-order chi connectivity index (χ0) is 19.8. The van der Waals surface area contributed by atoms with Crippen molar-refractivity contribution >= 4 is 5.91 Å². The number of imidazole rings is 1. The van der Waals surface area contributed by atoms with E-state index in [2.05, 4.69) is 15.0 Å². The SMILES string of the molecule is O=C(NCC1(c2cccc(OC(F)(F)F)c2)CCC1)c1cn2c(n1)COCC2. The molecule has 1 aromatic heterocycles. The van der Waals surface area contributed by atoms with Gasteiger partial charge in [-0.2, -0.15) is 0 Å². The number of hydrogen-bond acceptors (Lipinski definition) is 4. The molecule has 2 heterocycles. The van der Waals surface area contributed by atoms with Gasteiger partial charge in [0, 0.05) is 24.7 Å². The molecule has 0 spiro atoms. The Morgan fingerprint density at radius 3 is 2.86 bits per heavy atom. The molecular formula is C19H20F3N3O3. The van der Waals surface area contributed by atoms with E-state index in [4.69, 9.17) is 4.74 Å². The minimum atomic E-state index is -4.73. The Morgan fingerprint density at radius 2 is 2.18 bits per heavy atom. The van der Waals surface area contributed by atoms with Gasteiger partial charge in [0.25, 0.3) is 5.91 Å². The summed E-state index contributed by atoms with van der Waals surface area (Å²) in [5.41, 5.74) is 0.672. The Balaban J connectivity index is 1.46. The van der Waals surface area contributed by atoms with Crippen LogP contribution < -0.4 is 10.1 Å². The lowest BCUT2D eigenvalue weighted by atomic mass is 9.64. The second kappa shape index (κ2) is 7.12. The lowest BCUT2D eigenvalue weighted by molar-refractivity contribution is -0.274. The minimum absolute atomic E-state index is 0.246. The van der Waals surface area contributed by atoms with Gasteiger partial charge in [-0.15, -0.1) is 13.2 Å². The summed E-state index contributed by atoms with van der Waals surface area (Å²) in [6.45, 7) is 1.96. The fraction of sp³-hybridized carbons (Fsp3) is 0.474. The second-order valence-corrected chi connectivity index (χ2v) is 7.18. The van der Waals surface area contributed by atoms with Crippen molar-refractivity contribution in [1.29, 1.82) is 0 Å². The third-order valence-electron chi connectivity index (χ3n) is 5.38. The summed E-state index contributed by atoms with van der Waals surface area (Å²) in [6.07, 6.45) is -0.495. The van der Waals surface area contributed by atoms with E-state index in [9.17, 15) is 18.0 Å². The second-order valence-electron chi connectivity index (χ2n) is 7.18. The number of benzene rings is 1. The van der Waals surface area contributed by atoms with Crippen LogP contribution in [0.4, 0.5) is 13.2 Å². The molecule has 1 aromatic carbocycles. The van der Waals surface area contributed by atoms with Gasteiger partial charge in [-0.05, 0) is 30.5 Å². The number of halogens is 3. The molecule has 150 valence electrons. The molecule has 28 heavy (non-hydrogen) atoms. The van der Waals surface area contributed by atoms with Crippen molar-refractivity contribution in [3.05, 3.63) is 47.5 Å². The largest absolute Gasteiger partial charge is 0.573 e. The topological polar surface area (TPSA) is 65.4 Å². The Morgan fingerprint density at radius 1 is 1.36 bits per heavy atom. The Labute approximate surface area is 159 Å². The first-order chi connectivity index (χ1) is 13.3. The summed E-state index contributed by atoms with van der Waals surface area (Å²) in [7, 11) is 0. The van der Waals surface area contributed by atoms with Gasteiger partial charge in [-0.1, -0.05) is 18.6 Å². The minimum Gasteiger partial charge on any atom is -0.406 e. The fourth-order valence-corrected chi connectivity index (χ4v) is 3.73. The molecule has 0 atom stereocenters.